The maximum atomic E-state index is 12.8. The SMILES string of the molecule is COc1ccccc1CC(=O)N1CCN(C2CCOCC2)C[C@@H]1C. The average molecular weight is 332 g/mol. The molecular weight excluding hydrogens is 304 g/mol. The van der Waals surface area contributed by atoms with Gasteiger partial charge in [-0.2, -0.15) is 0 Å². The van der Waals surface area contributed by atoms with Crippen molar-refractivity contribution in [3.05, 3.63) is 29.8 Å². The Balaban J connectivity index is 1.58. The van der Waals surface area contributed by atoms with E-state index in [2.05, 4.69) is 11.8 Å². The molecule has 0 radical (unpaired) electrons. The molecule has 0 aromatic heterocycles. The van der Waals surface area contributed by atoms with Gasteiger partial charge in [-0.3, -0.25) is 9.69 Å². The number of nitrogens with zero attached hydrogens (tertiary/aromatic N) is 2. The van der Waals surface area contributed by atoms with E-state index >= 15 is 0 Å². The van der Waals surface area contributed by atoms with Crippen LogP contribution in [0.2, 0.25) is 0 Å². The Morgan fingerprint density at radius 3 is 2.71 bits per heavy atom. The summed E-state index contributed by atoms with van der Waals surface area (Å²) in [5.41, 5.74) is 0.962. The summed E-state index contributed by atoms with van der Waals surface area (Å²) in [4.78, 5) is 17.3. The van der Waals surface area contributed by atoms with E-state index < -0.39 is 0 Å². The molecule has 3 rings (SSSR count). The van der Waals surface area contributed by atoms with E-state index in [1.54, 1.807) is 7.11 Å². The van der Waals surface area contributed by atoms with Gasteiger partial charge in [-0.25, -0.2) is 0 Å². The Kier molecular flexibility index (Phi) is 5.74. The molecule has 0 saturated carbocycles. The first-order chi connectivity index (χ1) is 11.7. The summed E-state index contributed by atoms with van der Waals surface area (Å²) in [7, 11) is 1.65. The molecule has 132 valence electrons. The van der Waals surface area contributed by atoms with Crippen molar-refractivity contribution in [3.63, 3.8) is 0 Å². The van der Waals surface area contributed by atoms with Crippen LogP contribution in [0.25, 0.3) is 0 Å². The number of amides is 1. The first kappa shape index (κ1) is 17.2. The molecular formula is C19H28N2O3. The topological polar surface area (TPSA) is 42.0 Å². The van der Waals surface area contributed by atoms with Gasteiger partial charge in [0.05, 0.1) is 13.5 Å². The number of rotatable bonds is 4. The van der Waals surface area contributed by atoms with Crippen LogP contribution in [0.1, 0.15) is 25.3 Å². The predicted octanol–water partition coefficient (Wildman–Crippen LogP) is 1.95. The standard InChI is InChI=1S/C19H28N2O3/c1-15-14-20(17-7-11-24-12-8-17)9-10-21(15)19(22)13-16-5-3-4-6-18(16)23-2/h3-6,15,17H,7-14H2,1-2H3/t15-/m0/s1. The molecule has 0 bridgehead atoms. The van der Waals surface area contributed by atoms with Crippen molar-refractivity contribution in [1.82, 2.24) is 9.80 Å². The van der Waals surface area contributed by atoms with Gasteiger partial charge in [0.15, 0.2) is 0 Å². The highest BCUT2D eigenvalue weighted by atomic mass is 16.5. The Morgan fingerprint density at radius 2 is 2.00 bits per heavy atom. The lowest BCUT2D eigenvalue weighted by molar-refractivity contribution is -0.135. The molecule has 2 aliphatic heterocycles. The van der Waals surface area contributed by atoms with Gasteiger partial charge < -0.3 is 14.4 Å². The van der Waals surface area contributed by atoms with E-state index in [1.807, 2.05) is 29.2 Å². The van der Waals surface area contributed by atoms with E-state index in [0.717, 1.165) is 57.0 Å². The maximum Gasteiger partial charge on any atom is 0.227 e. The zero-order valence-corrected chi connectivity index (χ0v) is 14.7. The summed E-state index contributed by atoms with van der Waals surface area (Å²) in [6, 6.07) is 8.64. The molecule has 1 amide bonds. The predicted molar refractivity (Wildman–Crippen MR) is 93.3 cm³/mol. The maximum absolute atomic E-state index is 12.8. The minimum atomic E-state index is 0.193. The molecule has 2 fully saturated rings. The van der Waals surface area contributed by atoms with Crippen LogP contribution >= 0.6 is 0 Å². The largest absolute Gasteiger partial charge is 0.496 e. The highest BCUT2D eigenvalue weighted by Gasteiger charge is 2.31. The molecule has 1 atom stereocenters. The second-order valence-electron chi connectivity index (χ2n) is 6.76. The normalized spacial score (nSPS) is 23.2. The second-order valence-corrected chi connectivity index (χ2v) is 6.76. The van der Waals surface area contributed by atoms with Gasteiger partial charge in [-0.1, -0.05) is 18.2 Å². The first-order valence-corrected chi connectivity index (χ1v) is 8.92. The van der Waals surface area contributed by atoms with Gasteiger partial charge in [0.25, 0.3) is 0 Å². The lowest BCUT2D eigenvalue weighted by Gasteiger charge is -2.44. The minimum Gasteiger partial charge on any atom is -0.496 e. The van der Waals surface area contributed by atoms with Crippen LogP contribution in [0.15, 0.2) is 24.3 Å². The Bertz CT molecular complexity index is 557. The first-order valence-electron chi connectivity index (χ1n) is 8.92. The summed E-state index contributed by atoms with van der Waals surface area (Å²) in [6.45, 7) is 6.63. The van der Waals surface area contributed by atoms with Crippen molar-refractivity contribution in [2.75, 3.05) is 40.0 Å². The lowest BCUT2D eigenvalue weighted by Crippen LogP contribution is -2.57. The fourth-order valence-corrected chi connectivity index (χ4v) is 3.85. The van der Waals surface area contributed by atoms with Gasteiger partial charge in [-0.05, 0) is 25.8 Å². The molecule has 24 heavy (non-hydrogen) atoms. The van der Waals surface area contributed by atoms with E-state index in [9.17, 15) is 4.79 Å². The molecule has 5 heteroatoms. The quantitative estimate of drug-likeness (QED) is 0.845. The zero-order valence-electron chi connectivity index (χ0n) is 14.7. The second kappa shape index (κ2) is 7.99. The average Bonchev–Trinajstić information content (AvgIpc) is 2.62. The monoisotopic (exact) mass is 332 g/mol. The smallest absolute Gasteiger partial charge is 0.227 e. The number of benzene rings is 1. The molecule has 2 aliphatic rings. The minimum absolute atomic E-state index is 0.193. The summed E-state index contributed by atoms with van der Waals surface area (Å²) in [5, 5.41) is 0. The number of ether oxygens (including phenoxy) is 2. The van der Waals surface area contributed by atoms with E-state index in [-0.39, 0.29) is 11.9 Å². The lowest BCUT2D eigenvalue weighted by atomic mass is 10.0. The summed E-state index contributed by atoms with van der Waals surface area (Å²) < 4.78 is 10.8. The van der Waals surface area contributed by atoms with Gasteiger partial charge in [0, 0.05) is 50.5 Å². The molecule has 0 spiro atoms. The molecule has 2 heterocycles. The van der Waals surface area contributed by atoms with Crippen LogP contribution in [-0.2, 0) is 16.0 Å². The molecule has 0 aliphatic carbocycles. The van der Waals surface area contributed by atoms with Crippen LogP contribution in [0.3, 0.4) is 0 Å². The fraction of sp³-hybridized carbons (Fsp3) is 0.632. The number of hydrogen-bond acceptors (Lipinski definition) is 4. The highest BCUT2D eigenvalue weighted by molar-refractivity contribution is 5.80. The van der Waals surface area contributed by atoms with Crippen molar-refractivity contribution in [2.24, 2.45) is 0 Å². The summed E-state index contributed by atoms with van der Waals surface area (Å²) in [6.07, 6.45) is 2.63. The van der Waals surface area contributed by atoms with Crippen molar-refractivity contribution in [1.29, 1.82) is 0 Å². The van der Waals surface area contributed by atoms with Crippen LogP contribution in [0, 0.1) is 0 Å². The van der Waals surface area contributed by atoms with Gasteiger partial charge in [0.2, 0.25) is 5.91 Å². The number of hydrogen-bond donors (Lipinski definition) is 0. The highest BCUT2D eigenvalue weighted by Crippen LogP contribution is 2.22. The van der Waals surface area contributed by atoms with E-state index in [0.29, 0.717) is 12.5 Å². The molecule has 5 nitrogen and oxygen atoms in total. The number of carbonyl (C=O) groups is 1. The third-order valence-corrected chi connectivity index (χ3v) is 5.22. The molecule has 2 saturated heterocycles. The van der Waals surface area contributed by atoms with Gasteiger partial charge in [-0.15, -0.1) is 0 Å². The number of para-hydroxylation sites is 1. The fourth-order valence-electron chi connectivity index (χ4n) is 3.85. The van der Waals surface area contributed by atoms with Gasteiger partial charge >= 0.3 is 0 Å². The van der Waals surface area contributed by atoms with Crippen LogP contribution in [-0.4, -0.2) is 67.7 Å². The molecule has 1 aromatic rings. The van der Waals surface area contributed by atoms with Crippen LogP contribution in [0.5, 0.6) is 5.75 Å². The number of piperazine rings is 1. The number of methoxy groups -OCH3 is 1. The summed E-state index contributed by atoms with van der Waals surface area (Å²) >= 11 is 0. The van der Waals surface area contributed by atoms with Gasteiger partial charge in [0.1, 0.15) is 5.75 Å². The van der Waals surface area contributed by atoms with Crippen molar-refractivity contribution in [2.45, 2.75) is 38.3 Å². The zero-order chi connectivity index (χ0) is 16.9. The Morgan fingerprint density at radius 1 is 1.25 bits per heavy atom. The molecule has 1 aromatic carbocycles. The van der Waals surface area contributed by atoms with E-state index in [1.165, 1.54) is 0 Å². The van der Waals surface area contributed by atoms with Crippen LogP contribution in [0.4, 0.5) is 0 Å². The van der Waals surface area contributed by atoms with Crippen molar-refractivity contribution >= 4 is 5.91 Å². The Labute approximate surface area is 144 Å². The summed E-state index contributed by atoms with van der Waals surface area (Å²) in [5.74, 6) is 0.984. The van der Waals surface area contributed by atoms with Crippen molar-refractivity contribution in [3.8, 4) is 5.75 Å². The van der Waals surface area contributed by atoms with E-state index in [4.69, 9.17) is 9.47 Å². The van der Waals surface area contributed by atoms with Crippen LogP contribution < -0.4 is 4.74 Å². The van der Waals surface area contributed by atoms with Crippen molar-refractivity contribution < 1.29 is 14.3 Å². The third-order valence-electron chi connectivity index (χ3n) is 5.22. The third kappa shape index (κ3) is 3.90. The Hall–Kier alpha value is -1.59. The number of carbonyl (C=O) groups excluding carboxylic acids is 1. The molecule has 0 N–H and O–H groups in total. The molecule has 0 unspecified atom stereocenters.